The van der Waals surface area contributed by atoms with Gasteiger partial charge in [-0.3, -0.25) is 14.8 Å². The Morgan fingerprint density at radius 3 is 2.11 bits per heavy atom. The van der Waals surface area contributed by atoms with Gasteiger partial charge in [0.05, 0.1) is 23.5 Å². The Balaban J connectivity index is 1.66. The molecule has 1 saturated heterocycles. The van der Waals surface area contributed by atoms with Gasteiger partial charge in [-0.2, -0.15) is 4.31 Å². The van der Waals surface area contributed by atoms with E-state index >= 15 is 0 Å². The predicted molar refractivity (Wildman–Crippen MR) is 116 cm³/mol. The Morgan fingerprint density at radius 1 is 1.06 bits per heavy atom. The molecule has 4 rings (SSSR count). The molecule has 2 fully saturated rings. The number of amides is 1. The Kier molecular flexibility index (Phi) is 7.05. The standard InChI is InChI=1S/C22H23FN2O9S/c23-14-1-3-15(4-2-14)34-16-5-7-17(8-6-16)35(30,31)25(10-9-20(26)27)22(21(28)24-29)11-18-19(12-22)33-13-32-18/h1-8,18-19,29H,9-13H2,(H,24,28)(H,26,27). The van der Waals surface area contributed by atoms with Crippen molar-refractivity contribution in [1.82, 2.24) is 9.79 Å². The Hall–Kier alpha value is -3.10. The van der Waals surface area contributed by atoms with Gasteiger partial charge in [-0.05, 0) is 48.5 Å². The molecule has 0 spiro atoms. The minimum atomic E-state index is -4.44. The number of carbonyl (C=O) groups excluding carboxylic acids is 1. The lowest BCUT2D eigenvalue weighted by Crippen LogP contribution is -2.60. The van der Waals surface area contributed by atoms with Crippen molar-refractivity contribution >= 4 is 21.9 Å². The van der Waals surface area contributed by atoms with E-state index in [0.29, 0.717) is 5.75 Å². The normalized spacial score (nSPS) is 23.7. The molecule has 11 nitrogen and oxygen atoms in total. The fourth-order valence-electron chi connectivity index (χ4n) is 4.37. The van der Waals surface area contributed by atoms with Gasteiger partial charge in [0.15, 0.2) is 0 Å². The van der Waals surface area contributed by atoms with Gasteiger partial charge in [0.25, 0.3) is 5.91 Å². The molecule has 2 atom stereocenters. The molecule has 0 radical (unpaired) electrons. The van der Waals surface area contributed by atoms with Crippen molar-refractivity contribution in [2.75, 3.05) is 13.3 Å². The second-order valence-corrected chi connectivity index (χ2v) is 10.0. The molecule has 1 aliphatic carbocycles. The molecule has 2 aromatic carbocycles. The lowest BCUT2D eigenvalue weighted by Gasteiger charge is -2.38. The van der Waals surface area contributed by atoms with Crippen LogP contribution in [0.3, 0.4) is 0 Å². The highest BCUT2D eigenvalue weighted by molar-refractivity contribution is 7.89. The minimum absolute atomic E-state index is 0.0104. The number of fused-ring (bicyclic) bond motifs is 1. The number of sulfonamides is 1. The molecular weight excluding hydrogens is 487 g/mol. The number of hydrogen-bond donors (Lipinski definition) is 3. The third-order valence-electron chi connectivity index (χ3n) is 6.05. The SMILES string of the molecule is O=C(O)CCN(C1(C(=O)NO)CC2OCOC2C1)S(=O)(=O)c1ccc(Oc2ccc(F)cc2)cc1. The van der Waals surface area contributed by atoms with E-state index in [1.807, 2.05) is 0 Å². The number of ether oxygens (including phenoxy) is 3. The number of carboxylic acid groups (broad SMARTS) is 1. The number of nitrogens with one attached hydrogen (secondary N) is 1. The predicted octanol–water partition coefficient (Wildman–Crippen LogP) is 1.86. The van der Waals surface area contributed by atoms with Crippen LogP contribution in [0.1, 0.15) is 19.3 Å². The summed E-state index contributed by atoms with van der Waals surface area (Å²) < 4.78 is 57.7. The van der Waals surface area contributed by atoms with Crippen molar-refractivity contribution in [3.05, 3.63) is 54.3 Å². The molecular formula is C22H23FN2O9S. The molecule has 1 aliphatic heterocycles. The van der Waals surface area contributed by atoms with Crippen LogP contribution in [0.25, 0.3) is 0 Å². The van der Waals surface area contributed by atoms with Crippen molar-refractivity contribution in [3.63, 3.8) is 0 Å². The van der Waals surface area contributed by atoms with E-state index in [9.17, 15) is 32.7 Å². The maximum absolute atomic E-state index is 13.7. The van der Waals surface area contributed by atoms with Crippen LogP contribution in [-0.4, -0.2) is 66.0 Å². The zero-order valence-corrected chi connectivity index (χ0v) is 19.1. The van der Waals surface area contributed by atoms with Crippen LogP contribution in [0.15, 0.2) is 53.4 Å². The Bertz CT molecular complexity index is 1180. The van der Waals surface area contributed by atoms with Crippen LogP contribution in [-0.2, 0) is 29.1 Å². The van der Waals surface area contributed by atoms with Crippen molar-refractivity contribution in [2.45, 2.75) is 41.9 Å². The van der Waals surface area contributed by atoms with Gasteiger partial charge in [-0.25, -0.2) is 18.3 Å². The molecule has 2 aromatic rings. The lowest BCUT2D eigenvalue weighted by molar-refractivity contribution is -0.143. The largest absolute Gasteiger partial charge is 0.481 e. The van der Waals surface area contributed by atoms with E-state index in [0.717, 1.165) is 4.31 Å². The van der Waals surface area contributed by atoms with Crippen LogP contribution in [0.2, 0.25) is 0 Å². The molecule has 13 heteroatoms. The van der Waals surface area contributed by atoms with E-state index in [2.05, 4.69) is 0 Å². The van der Waals surface area contributed by atoms with Gasteiger partial charge in [-0.15, -0.1) is 0 Å². The molecule has 0 aromatic heterocycles. The highest BCUT2D eigenvalue weighted by atomic mass is 32.2. The second kappa shape index (κ2) is 9.87. The number of benzene rings is 2. The van der Waals surface area contributed by atoms with E-state index in [4.69, 9.17) is 14.2 Å². The molecule has 1 amide bonds. The summed E-state index contributed by atoms with van der Waals surface area (Å²) in [5.41, 5.74) is -0.312. The smallest absolute Gasteiger partial charge is 0.304 e. The molecule has 2 aliphatic rings. The number of carbonyl (C=O) groups is 2. The van der Waals surface area contributed by atoms with Crippen LogP contribution in [0.5, 0.6) is 11.5 Å². The number of carboxylic acids is 1. The minimum Gasteiger partial charge on any atom is -0.481 e. The van der Waals surface area contributed by atoms with Crippen LogP contribution >= 0.6 is 0 Å². The topological polar surface area (TPSA) is 152 Å². The summed E-state index contributed by atoms with van der Waals surface area (Å²) in [5, 5.41) is 18.6. The van der Waals surface area contributed by atoms with Crippen LogP contribution in [0.4, 0.5) is 4.39 Å². The molecule has 35 heavy (non-hydrogen) atoms. The summed E-state index contributed by atoms with van der Waals surface area (Å²) in [7, 11) is -4.44. The first-order valence-corrected chi connectivity index (χ1v) is 12.1. The molecule has 0 bridgehead atoms. The summed E-state index contributed by atoms with van der Waals surface area (Å²) in [6.45, 7) is -0.540. The van der Waals surface area contributed by atoms with E-state index in [1.54, 1.807) is 0 Å². The van der Waals surface area contributed by atoms with Crippen LogP contribution in [0, 0.1) is 5.82 Å². The fourth-order valence-corrected chi connectivity index (χ4v) is 6.13. The summed E-state index contributed by atoms with van der Waals surface area (Å²) in [4.78, 5) is 23.9. The molecule has 1 heterocycles. The summed E-state index contributed by atoms with van der Waals surface area (Å²) >= 11 is 0. The lowest BCUT2D eigenvalue weighted by atomic mass is 9.95. The van der Waals surface area contributed by atoms with Crippen molar-refractivity contribution in [3.8, 4) is 11.5 Å². The average molecular weight is 510 g/mol. The maximum Gasteiger partial charge on any atom is 0.304 e. The zero-order chi connectivity index (χ0) is 25.2. The van der Waals surface area contributed by atoms with Crippen molar-refractivity contribution < 1.29 is 46.9 Å². The first-order valence-electron chi connectivity index (χ1n) is 10.6. The summed E-state index contributed by atoms with van der Waals surface area (Å²) in [5.74, 6) is -2.11. The Labute approximate surface area is 200 Å². The monoisotopic (exact) mass is 510 g/mol. The summed E-state index contributed by atoms with van der Waals surface area (Å²) in [6, 6.07) is 10.5. The molecule has 188 valence electrons. The Morgan fingerprint density at radius 2 is 1.60 bits per heavy atom. The number of hydroxylamine groups is 1. The third-order valence-corrected chi connectivity index (χ3v) is 8.03. The first kappa shape index (κ1) is 25.0. The average Bonchev–Trinajstić information content (AvgIpc) is 3.40. The molecule has 3 N–H and O–H groups in total. The van der Waals surface area contributed by atoms with E-state index < -0.39 is 58.4 Å². The van der Waals surface area contributed by atoms with Gasteiger partial charge in [0.1, 0.15) is 29.6 Å². The zero-order valence-electron chi connectivity index (χ0n) is 18.3. The van der Waals surface area contributed by atoms with E-state index in [-0.39, 0.29) is 30.3 Å². The quantitative estimate of drug-likeness (QED) is 0.339. The van der Waals surface area contributed by atoms with Crippen molar-refractivity contribution in [1.29, 1.82) is 0 Å². The molecule has 1 saturated carbocycles. The van der Waals surface area contributed by atoms with Gasteiger partial charge >= 0.3 is 5.97 Å². The highest BCUT2D eigenvalue weighted by Gasteiger charge is 2.59. The van der Waals surface area contributed by atoms with Gasteiger partial charge in [0.2, 0.25) is 10.0 Å². The maximum atomic E-state index is 13.7. The fraction of sp³-hybridized carbons (Fsp3) is 0.364. The number of aliphatic carboxylic acids is 1. The highest BCUT2D eigenvalue weighted by Crippen LogP contribution is 2.44. The number of nitrogens with zero attached hydrogens (tertiary/aromatic N) is 1. The van der Waals surface area contributed by atoms with Crippen molar-refractivity contribution in [2.24, 2.45) is 0 Å². The van der Waals surface area contributed by atoms with E-state index in [1.165, 1.54) is 54.0 Å². The van der Waals surface area contributed by atoms with Gasteiger partial charge in [0, 0.05) is 19.4 Å². The number of hydrogen-bond acceptors (Lipinski definition) is 8. The van der Waals surface area contributed by atoms with Crippen LogP contribution < -0.4 is 10.2 Å². The molecule has 2 unspecified atom stereocenters. The summed E-state index contributed by atoms with van der Waals surface area (Å²) in [6.07, 6.45) is -2.03. The van der Waals surface area contributed by atoms with Gasteiger partial charge < -0.3 is 19.3 Å². The van der Waals surface area contributed by atoms with Gasteiger partial charge in [-0.1, -0.05) is 0 Å². The number of rotatable bonds is 9. The number of halogens is 1. The first-order chi connectivity index (χ1) is 16.7. The third kappa shape index (κ3) is 4.99. The second-order valence-electron chi connectivity index (χ2n) is 8.16.